The van der Waals surface area contributed by atoms with Gasteiger partial charge in [0.25, 0.3) is 11.2 Å². The Kier molecular flexibility index (Phi) is 4.13. The lowest BCUT2D eigenvalue weighted by atomic mass is 10.2. The molecule has 4 aromatic rings. The van der Waals surface area contributed by atoms with Crippen LogP contribution in [0.1, 0.15) is 5.56 Å². The first-order valence-corrected chi connectivity index (χ1v) is 7.85. The third-order valence-electron chi connectivity index (χ3n) is 3.86. The van der Waals surface area contributed by atoms with Gasteiger partial charge in [0.05, 0.1) is 6.20 Å². The maximum Gasteiger partial charge on any atom is 0.573 e. The van der Waals surface area contributed by atoms with Gasteiger partial charge in [-0.05, 0) is 17.0 Å². The van der Waals surface area contributed by atoms with E-state index in [-0.39, 0.29) is 45.2 Å². The molecule has 0 unspecified atom stereocenters. The molecule has 0 aliphatic heterocycles. The third kappa shape index (κ3) is 3.33. The maximum atomic E-state index is 13.7. The summed E-state index contributed by atoms with van der Waals surface area (Å²) in [6.07, 6.45) is -3.91. The fraction of sp³-hybridized carbons (Fsp3) is 0.118. The van der Waals surface area contributed by atoms with E-state index in [1.165, 1.54) is 36.4 Å². The van der Waals surface area contributed by atoms with Crippen LogP contribution >= 0.6 is 0 Å². The van der Waals surface area contributed by atoms with Crippen molar-refractivity contribution in [2.45, 2.75) is 13.0 Å². The molecule has 2 heterocycles. The Bertz CT molecular complexity index is 1180. The highest BCUT2D eigenvalue weighted by Crippen LogP contribution is 2.28. The minimum absolute atomic E-state index is 0.115. The summed E-state index contributed by atoms with van der Waals surface area (Å²) in [5, 5.41) is 19.3. The van der Waals surface area contributed by atoms with Crippen LogP contribution in [0.5, 0.6) is 11.5 Å². The molecule has 0 atom stereocenters. The Morgan fingerprint density at radius 2 is 1.93 bits per heavy atom. The number of ether oxygens (including phenoxy) is 2. The second-order valence-electron chi connectivity index (χ2n) is 5.70. The summed E-state index contributed by atoms with van der Waals surface area (Å²) in [5.74, 6) is -0.914. The monoisotopic (exact) mass is 394 g/mol. The summed E-state index contributed by atoms with van der Waals surface area (Å²) in [7, 11) is 0. The van der Waals surface area contributed by atoms with Gasteiger partial charge in [-0.1, -0.05) is 18.2 Å². The normalized spacial score (nSPS) is 11.9. The van der Waals surface area contributed by atoms with E-state index in [1.54, 1.807) is 6.07 Å². The van der Waals surface area contributed by atoms with Gasteiger partial charge in [0.1, 0.15) is 23.6 Å². The zero-order valence-corrected chi connectivity index (χ0v) is 13.9. The number of benzene rings is 2. The highest BCUT2D eigenvalue weighted by molar-refractivity contribution is 5.75. The summed E-state index contributed by atoms with van der Waals surface area (Å²) in [6, 6.07) is 9.80. The van der Waals surface area contributed by atoms with E-state index in [0.29, 0.717) is 0 Å². The number of hydrogen-bond acceptors (Lipinski definition) is 5. The average Bonchev–Trinajstić information content (AvgIpc) is 3.01. The van der Waals surface area contributed by atoms with Crippen LogP contribution in [-0.2, 0) is 6.61 Å². The summed E-state index contributed by atoms with van der Waals surface area (Å²) >= 11 is 0. The van der Waals surface area contributed by atoms with Crippen LogP contribution < -0.4 is 14.3 Å². The average molecular weight is 394 g/mol. The highest BCUT2D eigenvalue weighted by Gasteiger charge is 2.32. The van der Waals surface area contributed by atoms with E-state index in [1.807, 2.05) is 0 Å². The topological polar surface area (TPSA) is 75.6 Å². The van der Waals surface area contributed by atoms with E-state index >= 15 is 0 Å². The number of alkyl halides is 3. The predicted octanol–water partition coefficient (Wildman–Crippen LogP) is 3.13. The number of halogens is 4. The molecule has 2 aromatic carbocycles. The van der Waals surface area contributed by atoms with Crippen molar-refractivity contribution in [1.82, 2.24) is 14.7 Å². The van der Waals surface area contributed by atoms with Gasteiger partial charge in [0.2, 0.25) is 0 Å². The quantitative estimate of drug-likeness (QED) is 0.302. The van der Waals surface area contributed by atoms with Gasteiger partial charge in [-0.2, -0.15) is 5.10 Å². The van der Waals surface area contributed by atoms with Crippen molar-refractivity contribution in [1.29, 1.82) is 0 Å². The Labute approximate surface area is 153 Å². The molecule has 11 heteroatoms. The Morgan fingerprint density at radius 1 is 1.14 bits per heavy atom. The van der Waals surface area contributed by atoms with Crippen molar-refractivity contribution in [2.24, 2.45) is 0 Å². The lowest BCUT2D eigenvalue weighted by molar-refractivity contribution is -0.640. The lowest BCUT2D eigenvalue weighted by Gasteiger charge is -2.14. The molecule has 0 spiro atoms. The van der Waals surface area contributed by atoms with Gasteiger partial charge in [0, 0.05) is 22.8 Å². The van der Waals surface area contributed by atoms with Gasteiger partial charge >= 0.3 is 6.36 Å². The largest absolute Gasteiger partial charge is 0.594 e. The number of para-hydroxylation sites is 1. The Hall–Kier alpha value is -3.63. The molecule has 0 N–H and O–H groups in total. The molecule has 4 rings (SSSR count). The number of nitrogens with zero attached hydrogens (tertiary/aromatic N) is 4. The van der Waals surface area contributed by atoms with Gasteiger partial charge in [-0.25, -0.2) is 8.91 Å². The van der Waals surface area contributed by atoms with Gasteiger partial charge < -0.3 is 14.7 Å². The van der Waals surface area contributed by atoms with Crippen LogP contribution in [0.2, 0.25) is 0 Å². The molecule has 0 aliphatic rings. The van der Waals surface area contributed by atoms with Crippen molar-refractivity contribution >= 4 is 16.7 Å². The molecule has 144 valence electrons. The maximum absolute atomic E-state index is 13.7. The molecule has 2 aromatic heterocycles. The van der Waals surface area contributed by atoms with Gasteiger partial charge in [0.15, 0.2) is 5.82 Å². The number of hydrogen-bond donors (Lipinski definition) is 0. The van der Waals surface area contributed by atoms with E-state index in [2.05, 4.69) is 14.9 Å². The fourth-order valence-electron chi connectivity index (χ4n) is 2.66. The highest BCUT2D eigenvalue weighted by atomic mass is 19.4. The van der Waals surface area contributed by atoms with Gasteiger partial charge in [-0.3, -0.25) is 0 Å². The summed E-state index contributed by atoms with van der Waals surface area (Å²) in [6.45, 7) is -0.225. The zero-order valence-electron chi connectivity index (χ0n) is 13.9. The summed E-state index contributed by atoms with van der Waals surface area (Å²) in [5.41, 5.74) is 0.248. The summed E-state index contributed by atoms with van der Waals surface area (Å²) < 4.78 is 61.8. The molecule has 0 saturated carbocycles. The molecule has 0 radical (unpaired) electrons. The molecule has 0 amide bonds. The van der Waals surface area contributed by atoms with Crippen molar-refractivity contribution in [3.05, 3.63) is 65.2 Å². The minimum Gasteiger partial charge on any atom is -0.594 e. The molecule has 28 heavy (non-hydrogen) atoms. The molecular weight excluding hydrogens is 384 g/mol. The van der Waals surface area contributed by atoms with Crippen LogP contribution in [-0.4, -0.2) is 21.1 Å². The van der Waals surface area contributed by atoms with Crippen LogP contribution in [0.3, 0.4) is 0 Å². The molecule has 0 bridgehead atoms. The lowest BCUT2D eigenvalue weighted by Crippen LogP contribution is -2.33. The Balaban J connectivity index is 1.66. The van der Waals surface area contributed by atoms with Crippen molar-refractivity contribution < 1.29 is 31.9 Å². The van der Waals surface area contributed by atoms with Crippen LogP contribution in [0, 0.1) is 11.0 Å². The van der Waals surface area contributed by atoms with E-state index in [0.717, 1.165) is 10.7 Å². The molecular formula is C17H10F4N4O3. The summed E-state index contributed by atoms with van der Waals surface area (Å²) in [4.78, 5) is 0.256. The molecule has 0 saturated heterocycles. The van der Waals surface area contributed by atoms with E-state index in [4.69, 9.17) is 4.74 Å². The molecule has 0 aliphatic carbocycles. The first kappa shape index (κ1) is 17.8. The first-order valence-electron chi connectivity index (χ1n) is 7.85. The third-order valence-corrected chi connectivity index (χ3v) is 3.86. The molecule has 7 nitrogen and oxygen atoms in total. The first-order chi connectivity index (χ1) is 13.3. The standard InChI is InChI=1S/C17H10F4N4O3/c18-12-8-22-24-14-7-11(5-6-13(14)25(26)23-16(12)24)27-9-10-3-1-2-4-15(10)28-17(19,20)21/h1-8H,9H2. The Morgan fingerprint density at radius 3 is 2.71 bits per heavy atom. The zero-order chi connectivity index (χ0) is 19.9. The number of aromatic nitrogens is 4. The van der Waals surface area contributed by atoms with Crippen molar-refractivity contribution in [3.63, 3.8) is 0 Å². The van der Waals surface area contributed by atoms with Crippen LogP contribution in [0.15, 0.2) is 48.7 Å². The predicted molar refractivity (Wildman–Crippen MR) is 86.9 cm³/mol. The van der Waals surface area contributed by atoms with Crippen LogP contribution in [0.25, 0.3) is 16.7 Å². The minimum atomic E-state index is -4.83. The number of rotatable bonds is 4. The van der Waals surface area contributed by atoms with Gasteiger partial charge in [-0.15, -0.1) is 13.2 Å². The van der Waals surface area contributed by atoms with Crippen LogP contribution in [0.4, 0.5) is 17.6 Å². The smallest absolute Gasteiger partial charge is 0.573 e. The number of fused-ring (bicyclic) bond motifs is 3. The second kappa shape index (κ2) is 6.51. The van der Waals surface area contributed by atoms with E-state index < -0.39 is 12.2 Å². The SMILES string of the molecule is [O-][n+]1nc2c(F)cnn2c2cc(OCc3ccccc3OC(F)(F)F)ccc21. The second-order valence-corrected chi connectivity index (χ2v) is 5.70. The van der Waals surface area contributed by atoms with E-state index in [9.17, 15) is 22.8 Å². The van der Waals surface area contributed by atoms with Crippen molar-refractivity contribution in [3.8, 4) is 11.5 Å². The van der Waals surface area contributed by atoms with Crippen molar-refractivity contribution in [2.75, 3.05) is 0 Å². The fourth-order valence-corrected chi connectivity index (χ4v) is 2.66. The molecule has 0 fully saturated rings.